The van der Waals surface area contributed by atoms with Crippen LogP contribution in [0.5, 0.6) is 0 Å². The summed E-state index contributed by atoms with van der Waals surface area (Å²) in [5.74, 6) is -0.339. The van der Waals surface area contributed by atoms with Crippen molar-refractivity contribution >= 4 is 5.97 Å². The van der Waals surface area contributed by atoms with Crippen LogP contribution in [-0.4, -0.2) is 28.8 Å². The molecular weight excluding hydrogens is 234 g/mol. The monoisotopic (exact) mass is 255 g/mol. The second-order valence-electron chi connectivity index (χ2n) is 4.34. The lowest BCUT2D eigenvalue weighted by molar-refractivity contribution is 0.0694. The van der Waals surface area contributed by atoms with Crippen molar-refractivity contribution in [2.75, 3.05) is 6.54 Å². The molecule has 18 heavy (non-hydrogen) atoms. The summed E-state index contributed by atoms with van der Waals surface area (Å²) in [6.45, 7) is 4.84. The Bertz CT molecular complexity index is 371. The predicted molar refractivity (Wildman–Crippen MR) is 67.5 cm³/mol. The Labute approximate surface area is 107 Å². The summed E-state index contributed by atoms with van der Waals surface area (Å²) in [6, 6.07) is 1.43. The summed E-state index contributed by atoms with van der Waals surface area (Å²) >= 11 is 0. The molecule has 0 aliphatic heterocycles. The molecule has 0 aliphatic carbocycles. The zero-order chi connectivity index (χ0) is 13.5. The van der Waals surface area contributed by atoms with Crippen molar-refractivity contribution in [3.8, 4) is 0 Å². The first-order valence-corrected chi connectivity index (χ1v) is 6.28. The molecule has 0 aromatic carbocycles. The van der Waals surface area contributed by atoms with Gasteiger partial charge in [0.05, 0.1) is 18.9 Å². The topological polar surface area (TPSA) is 82.7 Å². The number of furan rings is 1. The van der Waals surface area contributed by atoms with Gasteiger partial charge in [-0.3, -0.25) is 0 Å². The van der Waals surface area contributed by atoms with Gasteiger partial charge in [-0.05, 0) is 12.0 Å². The highest BCUT2D eigenvalue weighted by atomic mass is 16.4. The van der Waals surface area contributed by atoms with Gasteiger partial charge in [0, 0.05) is 6.54 Å². The maximum atomic E-state index is 10.8. The summed E-state index contributed by atoms with van der Waals surface area (Å²) in [5, 5.41) is 21.8. The van der Waals surface area contributed by atoms with Crippen molar-refractivity contribution in [1.29, 1.82) is 0 Å². The van der Waals surface area contributed by atoms with E-state index >= 15 is 0 Å². The first kappa shape index (κ1) is 14.7. The molecule has 5 heteroatoms. The minimum atomic E-state index is -0.999. The minimum Gasteiger partial charge on any atom is -0.478 e. The molecule has 0 aliphatic rings. The fourth-order valence-corrected chi connectivity index (χ4v) is 2.00. The van der Waals surface area contributed by atoms with E-state index in [1.807, 2.05) is 13.8 Å². The smallest absolute Gasteiger partial charge is 0.339 e. The first-order chi connectivity index (χ1) is 8.60. The van der Waals surface area contributed by atoms with E-state index in [4.69, 9.17) is 9.52 Å². The molecule has 1 unspecified atom stereocenters. The van der Waals surface area contributed by atoms with E-state index in [-0.39, 0.29) is 11.5 Å². The number of aliphatic hydroxyl groups is 1. The fraction of sp³-hybridized carbons (Fsp3) is 0.615. The number of carboxylic acid groups (broad SMARTS) is 1. The van der Waals surface area contributed by atoms with Crippen LogP contribution in [0, 0.1) is 5.92 Å². The highest BCUT2D eigenvalue weighted by Gasteiger charge is 2.16. The van der Waals surface area contributed by atoms with Crippen LogP contribution in [0.25, 0.3) is 0 Å². The standard InChI is InChI=1S/C13H21NO4/c1-3-9(4-2)11(15)7-14-8-12-10(13(16)17)5-6-18-12/h5-6,9,11,14-15H,3-4,7-8H2,1-2H3,(H,16,17). The normalized spacial score (nSPS) is 12.9. The molecular formula is C13H21NO4. The van der Waals surface area contributed by atoms with Crippen LogP contribution in [-0.2, 0) is 6.54 Å². The highest BCUT2D eigenvalue weighted by molar-refractivity contribution is 5.88. The van der Waals surface area contributed by atoms with E-state index in [0.717, 1.165) is 12.8 Å². The third-order valence-corrected chi connectivity index (χ3v) is 3.21. The molecule has 1 heterocycles. The summed E-state index contributed by atoms with van der Waals surface area (Å²) < 4.78 is 5.10. The number of hydrogen-bond donors (Lipinski definition) is 3. The first-order valence-electron chi connectivity index (χ1n) is 6.28. The van der Waals surface area contributed by atoms with Gasteiger partial charge >= 0.3 is 5.97 Å². The van der Waals surface area contributed by atoms with Gasteiger partial charge in [-0.15, -0.1) is 0 Å². The molecule has 0 saturated carbocycles. The van der Waals surface area contributed by atoms with Crippen LogP contribution in [0.2, 0.25) is 0 Å². The van der Waals surface area contributed by atoms with Crippen LogP contribution in [0.1, 0.15) is 42.8 Å². The number of carboxylic acids is 1. The number of hydrogen-bond acceptors (Lipinski definition) is 4. The largest absolute Gasteiger partial charge is 0.478 e. The Morgan fingerprint density at radius 3 is 2.67 bits per heavy atom. The molecule has 1 atom stereocenters. The molecule has 0 spiro atoms. The molecule has 1 aromatic rings. The zero-order valence-electron chi connectivity index (χ0n) is 10.8. The zero-order valence-corrected chi connectivity index (χ0v) is 10.8. The van der Waals surface area contributed by atoms with Gasteiger partial charge in [-0.1, -0.05) is 26.7 Å². The summed E-state index contributed by atoms with van der Waals surface area (Å²) in [7, 11) is 0. The van der Waals surface area contributed by atoms with Gasteiger partial charge in [-0.25, -0.2) is 4.79 Å². The quantitative estimate of drug-likeness (QED) is 0.660. The third-order valence-electron chi connectivity index (χ3n) is 3.21. The number of aliphatic hydroxyl groups excluding tert-OH is 1. The maximum Gasteiger partial charge on any atom is 0.339 e. The lowest BCUT2D eigenvalue weighted by Crippen LogP contribution is -2.32. The van der Waals surface area contributed by atoms with E-state index in [1.54, 1.807) is 0 Å². The van der Waals surface area contributed by atoms with Crippen molar-refractivity contribution < 1.29 is 19.4 Å². The van der Waals surface area contributed by atoms with E-state index in [9.17, 15) is 9.90 Å². The van der Waals surface area contributed by atoms with Gasteiger partial charge in [0.25, 0.3) is 0 Å². The van der Waals surface area contributed by atoms with Crippen LogP contribution < -0.4 is 5.32 Å². The van der Waals surface area contributed by atoms with Gasteiger partial charge in [-0.2, -0.15) is 0 Å². The Hall–Kier alpha value is -1.33. The number of carbonyl (C=O) groups is 1. The summed E-state index contributed by atoms with van der Waals surface area (Å²) in [6.07, 6.45) is 2.81. The third kappa shape index (κ3) is 3.85. The average Bonchev–Trinajstić information content (AvgIpc) is 2.79. The van der Waals surface area contributed by atoms with Gasteiger partial charge < -0.3 is 19.9 Å². The average molecular weight is 255 g/mol. The minimum absolute atomic E-state index is 0.166. The summed E-state index contributed by atoms with van der Waals surface area (Å²) in [4.78, 5) is 10.8. The number of nitrogens with one attached hydrogen (secondary N) is 1. The van der Waals surface area contributed by atoms with E-state index in [0.29, 0.717) is 18.8 Å². The molecule has 0 radical (unpaired) electrons. The van der Waals surface area contributed by atoms with Gasteiger partial charge in [0.1, 0.15) is 11.3 Å². The van der Waals surface area contributed by atoms with E-state index < -0.39 is 12.1 Å². The molecule has 1 rings (SSSR count). The Morgan fingerprint density at radius 2 is 2.11 bits per heavy atom. The van der Waals surface area contributed by atoms with Crippen molar-refractivity contribution in [2.45, 2.75) is 39.3 Å². The van der Waals surface area contributed by atoms with Gasteiger partial charge in [0.15, 0.2) is 0 Å². The lowest BCUT2D eigenvalue weighted by Gasteiger charge is -2.20. The summed E-state index contributed by atoms with van der Waals surface area (Å²) in [5.41, 5.74) is 0.166. The Morgan fingerprint density at radius 1 is 1.44 bits per heavy atom. The second kappa shape index (κ2) is 7.18. The molecule has 0 bridgehead atoms. The second-order valence-corrected chi connectivity index (χ2v) is 4.34. The van der Waals surface area contributed by atoms with E-state index in [2.05, 4.69) is 5.32 Å². The molecule has 1 aromatic heterocycles. The molecule has 5 nitrogen and oxygen atoms in total. The predicted octanol–water partition coefficient (Wildman–Crippen LogP) is 1.86. The van der Waals surface area contributed by atoms with Crippen molar-refractivity contribution in [2.24, 2.45) is 5.92 Å². The Kier molecular flexibility index (Phi) is 5.88. The molecule has 0 amide bonds. The number of aromatic carboxylic acids is 1. The molecule has 0 saturated heterocycles. The van der Waals surface area contributed by atoms with Crippen molar-refractivity contribution in [3.05, 3.63) is 23.7 Å². The lowest BCUT2D eigenvalue weighted by atomic mass is 9.96. The van der Waals surface area contributed by atoms with Crippen LogP contribution >= 0.6 is 0 Å². The fourth-order valence-electron chi connectivity index (χ4n) is 2.00. The van der Waals surface area contributed by atoms with Crippen LogP contribution in [0.3, 0.4) is 0 Å². The SMILES string of the molecule is CCC(CC)C(O)CNCc1occc1C(=O)O. The maximum absolute atomic E-state index is 10.8. The number of rotatable bonds is 8. The molecule has 0 fully saturated rings. The van der Waals surface area contributed by atoms with E-state index in [1.165, 1.54) is 12.3 Å². The highest BCUT2D eigenvalue weighted by Crippen LogP contribution is 2.13. The van der Waals surface area contributed by atoms with Crippen LogP contribution in [0.4, 0.5) is 0 Å². The molecule has 102 valence electrons. The van der Waals surface area contributed by atoms with Crippen molar-refractivity contribution in [1.82, 2.24) is 5.32 Å². The Balaban J connectivity index is 2.42. The molecule has 3 N–H and O–H groups in total. The van der Waals surface area contributed by atoms with Crippen molar-refractivity contribution in [3.63, 3.8) is 0 Å². The van der Waals surface area contributed by atoms with Gasteiger partial charge in [0.2, 0.25) is 0 Å². The van der Waals surface area contributed by atoms with Crippen LogP contribution in [0.15, 0.2) is 16.7 Å².